The van der Waals surface area contributed by atoms with E-state index in [0.29, 0.717) is 12.5 Å². The highest BCUT2D eigenvalue weighted by molar-refractivity contribution is 9.09. The lowest BCUT2D eigenvalue weighted by Crippen LogP contribution is -2.53. The second-order valence-corrected chi connectivity index (χ2v) is 4.12. The number of β-lactam (4-membered cyclic amide) rings is 1. The number of amides is 1. The van der Waals surface area contributed by atoms with Gasteiger partial charge >= 0.3 is 0 Å². The van der Waals surface area contributed by atoms with Crippen LogP contribution < -0.4 is 9.64 Å². The summed E-state index contributed by atoms with van der Waals surface area (Å²) in [5.74, 6) is 0.992. The van der Waals surface area contributed by atoms with Crippen molar-refractivity contribution in [3.63, 3.8) is 0 Å². The number of carbonyl (C=O) groups excluding carboxylic acids is 1. The van der Waals surface area contributed by atoms with Gasteiger partial charge in [0.1, 0.15) is 5.75 Å². The quantitative estimate of drug-likeness (QED) is 0.622. The molecule has 1 amide bonds. The maximum atomic E-state index is 11.4. The minimum atomic E-state index is 0.185. The summed E-state index contributed by atoms with van der Waals surface area (Å²) in [7, 11) is 1.63. The van der Waals surface area contributed by atoms with Crippen molar-refractivity contribution < 1.29 is 9.53 Å². The number of anilines is 1. The van der Waals surface area contributed by atoms with E-state index in [1.54, 1.807) is 7.11 Å². The number of halogens is 1. The second kappa shape index (κ2) is 4.23. The van der Waals surface area contributed by atoms with Gasteiger partial charge in [0.2, 0.25) is 5.91 Å². The maximum Gasteiger partial charge on any atom is 0.229 e. The number of carbonyl (C=O) groups is 1. The van der Waals surface area contributed by atoms with Gasteiger partial charge in [-0.25, -0.2) is 0 Å². The average Bonchev–Trinajstić information content (AvgIpc) is 2.26. The van der Waals surface area contributed by atoms with E-state index < -0.39 is 0 Å². The third-order valence-electron chi connectivity index (χ3n) is 2.57. The molecule has 0 aromatic heterocycles. The van der Waals surface area contributed by atoms with Gasteiger partial charge in [0.15, 0.2) is 0 Å². The molecule has 1 heterocycles. The smallest absolute Gasteiger partial charge is 0.229 e. The molecular weight excluding hydrogens is 258 g/mol. The van der Waals surface area contributed by atoms with E-state index in [2.05, 4.69) is 15.9 Å². The Balaban J connectivity index is 2.18. The Kier molecular flexibility index (Phi) is 2.95. The van der Waals surface area contributed by atoms with E-state index in [4.69, 9.17) is 4.74 Å². The van der Waals surface area contributed by atoms with Crippen LogP contribution >= 0.6 is 15.9 Å². The molecular formula is C11H12BrNO2. The largest absolute Gasteiger partial charge is 0.497 e. The lowest BCUT2D eigenvalue weighted by atomic mass is 10.0. The standard InChI is InChI=1S/C11H12BrNO2/c1-15-10-4-2-8(3-5-10)13-9(7-12)6-11(13)14/h2-5,9H,6-7H2,1H3. The SMILES string of the molecule is COc1ccc(N2C(=O)CC2CBr)cc1. The summed E-state index contributed by atoms with van der Waals surface area (Å²) in [5, 5.41) is 0.824. The first-order valence-corrected chi connectivity index (χ1v) is 5.90. The molecule has 0 spiro atoms. The number of hydrogen-bond donors (Lipinski definition) is 0. The van der Waals surface area contributed by atoms with Gasteiger partial charge in [-0.3, -0.25) is 4.79 Å². The molecule has 0 radical (unpaired) electrons. The van der Waals surface area contributed by atoms with E-state index >= 15 is 0 Å². The molecule has 1 aromatic rings. The lowest BCUT2D eigenvalue weighted by Gasteiger charge is -2.39. The Morgan fingerprint density at radius 3 is 2.60 bits per heavy atom. The molecule has 0 aliphatic carbocycles. The van der Waals surface area contributed by atoms with Gasteiger partial charge in [-0.05, 0) is 24.3 Å². The molecule has 0 saturated carbocycles. The maximum absolute atomic E-state index is 11.4. The predicted molar refractivity (Wildman–Crippen MR) is 62.7 cm³/mol. The molecule has 1 aromatic carbocycles. The fraction of sp³-hybridized carbons (Fsp3) is 0.364. The van der Waals surface area contributed by atoms with Crippen LogP contribution in [0.1, 0.15) is 6.42 Å². The van der Waals surface area contributed by atoms with Crippen LogP contribution in [0.5, 0.6) is 5.75 Å². The summed E-state index contributed by atoms with van der Waals surface area (Å²) in [5.41, 5.74) is 0.941. The highest BCUT2D eigenvalue weighted by Crippen LogP contribution is 2.29. The first kappa shape index (κ1) is 10.5. The average molecular weight is 270 g/mol. The lowest BCUT2D eigenvalue weighted by molar-refractivity contribution is -0.123. The number of benzene rings is 1. The fourth-order valence-electron chi connectivity index (χ4n) is 1.70. The van der Waals surface area contributed by atoms with Crippen LogP contribution in [-0.2, 0) is 4.79 Å². The number of methoxy groups -OCH3 is 1. The van der Waals surface area contributed by atoms with Gasteiger partial charge in [0.05, 0.1) is 13.2 Å². The number of hydrogen-bond acceptors (Lipinski definition) is 2. The van der Waals surface area contributed by atoms with Gasteiger partial charge in [0.25, 0.3) is 0 Å². The Morgan fingerprint density at radius 1 is 1.47 bits per heavy atom. The van der Waals surface area contributed by atoms with Crippen LogP contribution in [0.2, 0.25) is 0 Å². The normalized spacial score (nSPS) is 20.0. The molecule has 80 valence electrons. The van der Waals surface area contributed by atoms with Gasteiger partial charge in [-0.2, -0.15) is 0 Å². The first-order chi connectivity index (χ1) is 7.26. The van der Waals surface area contributed by atoms with Crippen molar-refractivity contribution in [1.82, 2.24) is 0 Å². The van der Waals surface area contributed by atoms with E-state index in [1.807, 2.05) is 29.2 Å². The van der Waals surface area contributed by atoms with Crippen molar-refractivity contribution in [2.75, 3.05) is 17.3 Å². The zero-order chi connectivity index (χ0) is 10.8. The number of ether oxygens (including phenoxy) is 1. The van der Waals surface area contributed by atoms with Crippen LogP contribution in [-0.4, -0.2) is 24.4 Å². The van der Waals surface area contributed by atoms with Crippen LogP contribution in [0.4, 0.5) is 5.69 Å². The third-order valence-corrected chi connectivity index (χ3v) is 3.32. The Morgan fingerprint density at radius 2 is 2.13 bits per heavy atom. The molecule has 15 heavy (non-hydrogen) atoms. The number of rotatable bonds is 3. The minimum Gasteiger partial charge on any atom is -0.497 e. The zero-order valence-corrected chi connectivity index (χ0v) is 10.0. The fourth-order valence-corrected chi connectivity index (χ4v) is 2.22. The van der Waals surface area contributed by atoms with Crippen molar-refractivity contribution in [1.29, 1.82) is 0 Å². The monoisotopic (exact) mass is 269 g/mol. The molecule has 0 bridgehead atoms. The molecule has 0 N–H and O–H groups in total. The summed E-state index contributed by atoms with van der Waals surface area (Å²) in [6, 6.07) is 7.85. The topological polar surface area (TPSA) is 29.5 Å². The van der Waals surface area contributed by atoms with Crippen LogP contribution in [0, 0.1) is 0 Å². The zero-order valence-electron chi connectivity index (χ0n) is 8.44. The third kappa shape index (κ3) is 1.86. The molecule has 1 atom stereocenters. The number of nitrogens with zero attached hydrogens (tertiary/aromatic N) is 1. The van der Waals surface area contributed by atoms with Crippen molar-refractivity contribution in [2.45, 2.75) is 12.5 Å². The molecule has 1 aliphatic heterocycles. The second-order valence-electron chi connectivity index (χ2n) is 3.47. The molecule has 1 aliphatic rings. The molecule has 1 fully saturated rings. The molecule has 1 unspecified atom stereocenters. The van der Waals surface area contributed by atoms with Crippen LogP contribution in [0.3, 0.4) is 0 Å². The Labute approximate surface area is 97.2 Å². The summed E-state index contributed by atoms with van der Waals surface area (Å²) >= 11 is 3.40. The van der Waals surface area contributed by atoms with Gasteiger partial charge in [-0.1, -0.05) is 15.9 Å². The Bertz CT molecular complexity index is 363. The minimum absolute atomic E-state index is 0.185. The Hall–Kier alpha value is -1.03. The molecule has 1 saturated heterocycles. The van der Waals surface area contributed by atoms with Gasteiger partial charge in [-0.15, -0.1) is 0 Å². The van der Waals surface area contributed by atoms with Gasteiger partial charge < -0.3 is 9.64 Å². The summed E-state index contributed by atoms with van der Waals surface area (Å²) < 4.78 is 5.07. The van der Waals surface area contributed by atoms with Crippen molar-refractivity contribution in [2.24, 2.45) is 0 Å². The summed E-state index contributed by atoms with van der Waals surface area (Å²) in [4.78, 5) is 13.2. The summed E-state index contributed by atoms with van der Waals surface area (Å²) in [6.45, 7) is 0. The van der Waals surface area contributed by atoms with Crippen molar-refractivity contribution >= 4 is 27.5 Å². The van der Waals surface area contributed by atoms with Crippen LogP contribution in [0.25, 0.3) is 0 Å². The molecule has 2 rings (SSSR count). The highest BCUT2D eigenvalue weighted by Gasteiger charge is 2.35. The highest BCUT2D eigenvalue weighted by atomic mass is 79.9. The van der Waals surface area contributed by atoms with Crippen LogP contribution in [0.15, 0.2) is 24.3 Å². The molecule has 4 heteroatoms. The van der Waals surface area contributed by atoms with Crippen molar-refractivity contribution in [3.05, 3.63) is 24.3 Å². The van der Waals surface area contributed by atoms with E-state index in [0.717, 1.165) is 16.8 Å². The van der Waals surface area contributed by atoms with E-state index in [-0.39, 0.29) is 5.91 Å². The predicted octanol–water partition coefficient (Wildman–Crippen LogP) is 2.20. The van der Waals surface area contributed by atoms with Gasteiger partial charge in [0, 0.05) is 17.4 Å². The summed E-state index contributed by atoms with van der Waals surface area (Å²) in [6.07, 6.45) is 0.636. The first-order valence-electron chi connectivity index (χ1n) is 4.78. The number of alkyl halides is 1. The van der Waals surface area contributed by atoms with E-state index in [9.17, 15) is 4.79 Å². The van der Waals surface area contributed by atoms with E-state index in [1.165, 1.54) is 0 Å². The molecule has 3 nitrogen and oxygen atoms in total. The van der Waals surface area contributed by atoms with Crippen molar-refractivity contribution in [3.8, 4) is 5.75 Å².